The molecule has 0 aromatic heterocycles. The van der Waals surface area contributed by atoms with Crippen LogP contribution in [0, 0.1) is 5.92 Å². The zero-order valence-electron chi connectivity index (χ0n) is 17.8. The van der Waals surface area contributed by atoms with Crippen LogP contribution in [0.3, 0.4) is 0 Å². The van der Waals surface area contributed by atoms with Gasteiger partial charge in [-0.1, -0.05) is 38.1 Å². The fourth-order valence-electron chi connectivity index (χ4n) is 3.49. The number of urea groups is 1. The Kier molecular flexibility index (Phi) is 7.17. The van der Waals surface area contributed by atoms with E-state index < -0.39 is 6.04 Å². The monoisotopic (exact) mass is 410 g/mol. The van der Waals surface area contributed by atoms with Crippen molar-refractivity contribution in [3.63, 3.8) is 0 Å². The van der Waals surface area contributed by atoms with Crippen LogP contribution in [0.1, 0.15) is 13.8 Å². The Hall–Kier alpha value is -3.22. The Morgan fingerprint density at radius 2 is 1.67 bits per heavy atom. The fourth-order valence-corrected chi connectivity index (χ4v) is 3.49. The first-order chi connectivity index (χ1) is 14.5. The van der Waals surface area contributed by atoms with Crippen molar-refractivity contribution in [3.8, 4) is 5.75 Å². The second kappa shape index (κ2) is 10.0. The van der Waals surface area contributed by atoms with Crippen LogP contribution in [0.5, 0.6) is 5.75 Å². The van der Waals surface area contributed by atoms with Gasteiger partial charge in [0, 0.05) is 43.6 Å². The van der Waals surface area contributed by atoms with Crippen molar-refractivity contribution >= 4 is 23.3 Å². The molecule has 0 spiro atoms. The Labute approximate surface area is 178 Å². The number of methoxy groups -OCH3 is 1. The van der Waals surface area contributed by atoms with Crippen LogP contribution in [-0.4, -0.2) is 56.2 Å². The molecule has 2 aromatic rings. The predicted molar refractivity (Wildman–Crippen MR) is 119 cm³/mol. The summed E-state index contributed by atoms with van der Waals surface area (Å²) >= 11 is 0. The molecule has 1 atom stereocenters. The number of para-hydroxylation sites is 1. The minimum Gasteiger partial charge on any atom is -0.497 e. The number of piperazine rings is 1. The molecule has 1 aliphatic heterocycles. The van der Waals surface area contributed by atoms with E-state index in [9.17, 15) is 9.59 Å². The number of nitrogens with zero attached hydrogens (tertiary/aromatic N) is 2. The molecule has 1 saturated heterocycles. The maximum absolute atomic E-state index is 12.8. The smallest absolute Gasteiger partial charge is 0.318 e. The second-order valence-electron chi connectivity index (χ2n) is 7.70. The van der Waals surface area contributed by atoms with Crippen LogP contribution in [0.15, 0.2) is 54.6 Å². The van der Waals surface area contributed by atoms with Crippen LogP contribution in [0.4, 0.5) is 16.2 Å². The van der Waals surface area contributed by atoms with E-state index in [1.807, 2.05) is 44.2 Å². The summed E-state index contributed by atoms with van der Waals surface area (Å²) in [6.07, 6.45) is 0. The molecule has 3 rings (SSSR count). The molecule has 0 unspecified atom stereocenters. The van der Waals surface area contributed by atoms with Gasteiger partial charge in [0.25, 0.3) is 0 Å². The highest BCUT2D eigenvalue weighted by molar-refractivity contribution is 5.97. The van der Waals surface area contributed by atoms with Crippen LogP contribution in [0.25, 0.3) is 0 Å². The summed E-state index contributed by atoms with van der Waals surface area (Å²) < 4.78 is 5.20. The molecule has 0 saturated carbocycles. The summed E-state index contributed by atoms with van der Waals surface area (Å²) in [4.78, 5) is 29.7. The van der Waals surface area contributed by atoms with E-state index in [1.165, 1.54) is 0 Å². The molecule has 0 bridgehead atoms. The first-order valence-electron chi connectivity index (χ1n) is 10.3. The van der Waals surface area contributed by atoms with Gasteiger partial charge in [-0.2, -0.15) is 0 Å². The van der Waals surface area contributed by atoms with Crippen molar-refractivity contribution in [3.05, 3.63) is 54.6 Å². The molecule has 3 amide bonds. The van der Waals surface area contributed by atoms with Gasteiger partial charge in [-0.05, 0) is 30.2 Å². The summed E-state index contributed by atoms with van der Waals surface area (Å²) in [5.74, 6) is 0.369. The van der Waals surface area contributed by atoms with Gasteiger partial charge in [0.1, 0.15) is 11.8 Å². The quantitative estimate of drug-likeness (QED) is 0.767. The van der Waals surface area contributed by atoms with Crippen molar-refractivity contribution in [1.82, 2.24) is 10.2 Å². The normalized spacial score (nSPS) is 14.9. The number of ether oxygens (including phenoxy) is 1. The van der Waals surface area contributed by atoms with E-state index in [4.69, 9.17) is 4.74 Å². The average Bonchev–Trinajstić information content (AvgIpc) is 2.77. The Morgan fingerprint density at radius 1 is 0.967 bits per heavy atom. The molecule has 160 valence electrons. The molecule has 1 aliphatic rings. The lowest BCUT2D eigenvalue weighted by molar-refractivity contribution is -0.118. The zero-order valence-corrected chi connectivity index (χ0v) is 17.8. The standard InChI is InChI=1S/C23H30N4O3/c1-17(2)21(22(28)24-18-8-7-11-20(16-18)30-3)25-23(29)27-14-12-26(13-15-27)19-9-5-4-6-10-19/h4-11,16-17,21H,12-15H2,1-3H3,(H,24,28)(H,25,29)/t21-/m1/s1. The van der Waals surface area contributed by atoms with Crippen molar-refractivity contribution < 1.29 is 14.3 Å². The first kappa shape index (κ1) is 21.5. The Balaban J connectivity index is 1.57. The molecular formula is C23H30N4O3. The van der Waals surface area contributed by atoms with E-state index >= 15 is 0 Å². The number of nitrogens with one attached hydrogen (secondary N) is 2. The molecule has 1 fully saturated rings. The van der Waals surface area contributed by atoms with E-state index in [0.717, 1.165) is 18.8 Å². The molecular weight excluding hydrogens is 380 g/mol. The number of carbonyl (C=O) groups is 2. The average molecular weight is 411 g/mol. The molecule has 2 N–H and O–H groups in total. The number of amides is 3. The van der Waals surface area contributed by atoms with Gasteiger partial charge in [0.05, 0.1) is 7.11 Å². The van der Waals surface area contributed by atoms with Gasteiger partial charge in [-0.15, -0.1) is 0 Å². The topological polar surface area (TPSA) is 73.9 Å². The summed E-state index contributed by atoms with van der Waals surface area (Å²) in [6.45, 7) is 6.60. The summed E-state index contributed by atoms with van der Waals surface area (Å²) in [7, 11) is 1.58. The minimum absolute atomic E-state index is 0.0508. The second-order valence-corrected chi connectivity index (χ2v) is 7.70. The van der Waals surface area contributed by atoms with Gasteiger partial charge in [0.2, 0.25) is 5.91 Å². The third-order valence-electron chi connectivity index (χ3n) is 5.25. The van der Waals surface area contributed by atoms with Crippen molar-refractivity contribution in [1.29, 1.82) is 0 Å². The van der Waals surface area contributed by atoms with Crippen LogP contribution < -0.4 is 20.3 Å². The van der Waals surface area contributed by atoms with Crippen LogP contribution in [-0.2, 0) is 4.79 Å². The molecule has 30 heavy (non-hydrogen) atoms. The summed E-state index contributed by atoms with van der Waals surface area (Å²) in [5.41, 5.74) is 1.80. The summed E-state index contributed by atoms with van der Waals surface area (Å²) in [6, 6.07) is 16.5. The Morgan fingerprint density at radius 3 is 2.30 bits per heavy atom. The van der Waals surface area contributed by atoms with Gasteiger partial charge in [0.15, 0.2) is 0 Å². The number of carbonyl (C=O) groups excluding carboxylic acids is 2. The third-order valence-corrected chi connectivity index (χ3v) is 5.25. The first-order valence-corrected chi connectivity index (χ1v) is 10.3. The lowest BCUT2D eigenvalue weighted by Crippen LogP contribution is -2.56. The van der Waals surface area contributed by atoms with Crippen LogP contribution >= 0.6 is 0 Å². The fraction of sp³-hybridized carbons (Fsp3) is 0.391. The van der Waals surface area contributed by atoms with Crippen LogP contribution in [0.2, 0.25) is 0 Å². The van der Waals surface area contributed by atoms with Gasteiger partial charge < -0.3 is 25.2 Å². The number of benzene rings is 2. The maximum Gasteiger partial charge on any atom is 0.318 e. The molecule has 1 heterocycles. The largest absolute Gasteiger partial charge is 0.497 e. The van der Waals surface area contributed by atoms with E-state index in [-0.39, 0.29) is 17.9 Å². The molecule has 7 nitrogen and oxygen atoms in total. The molecule has 0 aliphatic carbocycles. The number of hydrogen-bond acceptors (Lipinski definition) is 4. The highest BCUT2D eigenvalue weighted by Gasteiger charge is 2.28. The lowest BCUT2D eigenvalue weighted by atomic mass is 10.0. The number of rotatable bonds is 6. The van der Waals surface area contributed by atoms with E-state index in [2.05, 4.69) is 27.7 Å². The molecule has 0 radical (unpaired) electrons. The van der Waals surface area contributed by atoms with Crippen molar-refractivity contribution in [2.24, 2.45) is 5.92 Å². The van der Waals surface area contributed by atoms with Gasteiger partial charge >= 0.3 is 6.03 Å². The van der Waals surface area contributed by atoms with E-state index in [1.54, 1.807) is 24.1 Å². The Bertz CT molecular complexity index is 849. The van der Waals surface area contributed by atoms with Crippen molar-refractivity contribution in [2.75, 3.05) is 43.5 Å². The highest BCUT2D eigenvalue weighted by atomic mass is 16.5. The third kappa shape index (κ3) is 5.43. The highest BCUT2D eigenvalue weighted by Crippen LogP contribution is 2.18. The number of hydrogen-bond donors (Lipinski definition) is 2. The number of anilines is 2. The zero-order chi connectivity index (χ0) is 21.5. The van der Waals surface area contributed by atoms with E-state index in [0.29, 0.717) is 24.5 Å². The SMILES string of the molecule is COc1cccc(NC(=O)[C@H](NC(=O)N2CCN(c3ccccc3)CC2)C(C)C)c1. The lowest BCUT2D eigenvalue weighted by Gasteiger charge is -2.37. The summed E-state index contributed by atoms with van der Waals surface area (Å²) in [5, 5.41) is 5.79. The molecule has 7 heteroatoms. The van der Waals surface area contributed by atoms with Gasteiger partial charge in [-0.3, -0.25) is 4.79 Å². The van der Waals surface area contributed by atoms with Gasteiger partial charge in [-0.25, -0.2) is 4.79 Å². The minimum atomic E-state index is -0.629. The predicted octanol–water partition coefficient (Wildman–Crippen LogP) is 3.19. The molecule has 2 aromatic carbocycles. The van der Waals surface area contributed by atoms with Crippen molar-refractivity contribution in [2.45, 2.75) is 19.9 Å². The maximum atomic E-state index is 12.8.